The van der Waals surface area contributed by atoms with Crippen LogP contribution in [0.5, 0.6) is 5.75 Å². The Bertz CT molecular complexity index is 473. The van der Waals surface area contributed by atoms with Gasteiger partial charge in [0.1, 0.15) is 5.75 Å². The van der Waals surface area contributed by atoms with Crippen LogP contribution in [0, 0.1) is 6.92 Å². The summed E-state index contributed by atoms with van der Waals surface area (Å²) in [5.74, 6) is 0.342. The zero-order valence-corrected chi connectivity index (χ0v) is 12.3. The lowest BCUT2D eigenvalue weighted by atomic mass is 10.2. The molecule has 0 fully saturated rings. The van der Waals surface area contributed by atoms with E-state index in [4.69, 9.17) is 16.3 Å². The number of benzene rings is 1. The van der Waals surface area contributed by atoms with Gasteiger partial charge in [-0.1, -0.05) is 24.9 Å². The molecule has 104 valence electrons. The second-order valence-corrected chi connectivity index (χ2v) is 4.74. The highest BCUT2D eigenvalue weighted by atomic mass is 35.5. The molecule has 1 amide bonds. The highest BCUT2D eigenvalue weighted by Crippen LogP contribution is 2.20. The van der Waals surface area contributed by atoms with E-state index in [1.165, 1.54) is 0 Å². The average molecular weight is 283 g/mol. The number of nitrogens with one attached hydrogen (secondary N) is 1. The number of nitrogens with zero attached hydrogens (tertiary/aromatic N) is 1. The van der Waals surface area contributed by atoms with Gasteiger partial charge in [0.05, 0.1) is 0 Å². The number of carbonyl (C=O) groups is 1. The lowest BCUT2D eigenvalue weighted by Gasteiger charge is -2.07. The molecule has 0 bridgehead atoms. The van der Waals surface area contributed by atoms with Gasteiger partial charge in [-0.3, -0.25) is 4.79 Å². The molecule has 0 spiro atoms. The molecule has 0 aliphatic heterocycles. The minimum Gasteiger partial charge on any atom is -0.484 e. The van der Waals surface area contributed by atoms with E-state index < -0.39 is 0 Å². The van der Waals surface area contributed by atoms with Crippen LogP contribution in [0.4, 0.5) is 0 Å². The third kappa shape index (κ3) is 5.75. The maximum absolute atomic E-state index is 11.5. The fraction of sp³-hybridized carbons (Fsp3) is 0.429. The molecule has 5 heteroatoms. The van der Waals surface area contributed by atoms with Gasteiger partial charge in [0.15, 0.2) is 6.61 Å². The molecule has 1 rings (SSSR count). The van der Waals surface area contributed by atoms with Crippen LogP contribution >= 0.6 is 11.6 Å². The molecule has 1 aromatic rings. The molecule has 1 N–H and O–H groups in total. The first-order valence-electron chi connectivity index (χ1n) is 6.24. The molecule has 0 unspecified atom stereocenters. The number of aryl methyl sites for hydroxylation is 1. The number of carbonyl (C=O) groups excluding carboxylic acids is 1. The largest absolute Gasteiger partial charge is 0.484 e. The van der Waals surface area contributed by atoms with Crippen molar-refractivity contribution in [1.82, 2.24) is 5.43 Å². The van der Waals surface area contributed by atoms with Gasteiger partial charge in [0.2, 0.25) is 0 Å². The standard InChI is InChI=1S/C14H19ClN2O2/c1-4-5-11(3)16-17-14(18)9-19-12-6-7-13(15)10(2)8-12/h6-8H,4-5,9H2,1-3H3,(H,17,18)/b16-11+. The maximum Gasteiger partial charge on any atom is 0.277 e. The minimum absolute atomic E-state index is 0.0655. The molecule has 1 aromatic carbocycles. The van der Waals surface area contributed by atoms with E-state index in [0.717, 1.165) is 24.1 Å². The van der Waals surface area contributed by atoms with Crippen LogP contribution in [-0.2, 0) is 4.79 Å². The van der Waals surface area contributed by atoms with Crippen molar-refractivity contribution in [3.05, 3.63) is 28.8 Å². The van der Waals surface area contributed by atoms with Crippen molar-refractivity contribution in [2.24, 2.45) is 5.10 Å². The average Bonchev–Trinajstić information content (AvgIpc) is 2.38. The number of halogens is 1. The molecular formula is C14H19ClN2O2. The molecule has 0 aromatic heterocycles. The van der Waals surface area contributed by atoms with Crippen molar-refractivity contribution >= 4 is 23.2 Å². The Balaban J connectivity index is 2.41. The lowest BCUT2D eigenvalue weighted by molar-refractivity contribution is -0.123. The molecule has 0 atom stereocenters. The topological polar surface area (TPSA) is 50.7 Å². The fourth-order valence-electron chi connectivity index (χ4n) is 1.46. The first-order valence-corrected chi connectivity index (χ1v) is 6.61. The van der Waals surface area contributed by atoms with Gasteiger partial charge in [0, 0.05) is 10.7 Å². The van der Waals surface area contributed by atoms with Crippen LogP contribution in [0.2, 0.25) is 5.02 Å². The number of hydrazone groups is 1. The maximum atomic E-state index is 11.5. The van der Waals surface area contributed by atoms with E-state index >= 15 is 0 Å². The Morgan fingerprint density at radius 2 is 2.21 bits per heavy atom. The van der Waals surface area contributed by atoms with E-state index in [2.05, 4.69) is 17.5 Å². The monoisotopic (exact) mass is 282 g/mol. The predicted octanol–water partition coefficient (Wildman–Crippen LogP) is 3.32. The predicted molar refractivity (Wildman–Crippen MR) is 77.8 cm³/mol. The van der Waals surface area contributed by atoms with Crippen molar-refractivity contribution in [3.63, 3.8) is 0 Å². The van der Waals surface area contributed by atoms with Crippen LogP contribution in [0.25, 0.3) is 0 Å². The zero-order chi connectivity index (χ0) is 14.3. The summed E-state index contributed by atoms with van der Waals surface area (Å²) in [7, 11) is 0. The van der Waals surface area contributed by atoms with E-state index in [9.17, 15) is 4.79 Å². The fourth-order valence-corrected chi connectivity index (χ4v) is 1.58. The highest BCUT2D eigenvalue weighted by molar-refractivity contribution is 6.31. The van der Waals surface area contributed by atoms with E-state index in [1.54, 1.807) is 18.2 Å². The van der Waals surface area contributed by atoms with Gasteiger partial charge in [-0.2, -0.15) is 5.10 Å². The summed E-state index contributed by atoms with van der Waals surface area (Å²) in [5.41, 5.74) is 4.28. The van der Waals surface area contributed by atoms with Gasteiger partial charge in [-0.05, 0) is 44.0 Å². The molecule has 4 nitrogen and oxygen atoms in total. The quantitative estimate of drug-likeness (QED) is 0.643. The summed E-state index contributed by atoms with van der Waals surface area (Å²) in [6.07, 6.45) is 1.88. The van der Waals surface area contributed by atoms with Crippen molar-refractivity contribution in [1.29, 1.82) is 0 Å². The molecule has 0 saturated carbocycles. The van der Waals surface area contributed by atoms with Crippen molar-refractivity contribution in [3.8, 4) is 5.75 Å². The summed E-state index contributed by atoms with van der Waals surface area (Å²) in [4.78, 5) is 11.5. The number of ether oxygens (including phenoxy) is 1. The second kappa shape index (κ2) is 7.79. The van der Waals surface area contributed by atoms with Crippen LogP contribution < -0.4 is 10.2 Å². The zero-order valence-electron chi connectivity index (χ0n) is 11.5. The van der Waals surface area contributed by atoms with Crippen LogP contribution in [0.15, 0.2) is 23.3 Å². The highest BCUT2D eigenvalue weighted by Gasteiger charge is 2.03. The number of hydrogen-bond donors (Lipinski definition) is 1. The third-order valence-electron chi connectivity index (χ3n) is 2.48. The van der Waals surface area contributed by atoms with Crippen LogP contribution in [-0.4, -0.2) is 18.2 Å². The van der Waals surface area contributed by atoms with Crippen molar-refractivity contribution in [2.45, 2.75) is 33.6 Å². The summed E-state index contributed by atoms with van der Waals surface area (Å²) in [6.45, 7) is 5.76. The molecule has 0 heterocycles. The molecule has 0 aliphatic rings. The SMILES string of the molecule is CCC/C(C)=N/NC(=O)COc1ccc(Cl)c(C)c1. The van der Waals surface area contributed by atoms with Gasteiger partial charge >= 0.3 is 0 Å². The van der Waals surface area contributed by atoms with Gasteiger partial charge in [-0.15, -0.1) is 0 Å². The van der Waals surface area contributed by atoms with Crippen LogP contribution in [0.1, 0.15) is 32.3 Å². The van der Waals surface area contributed by atoms with Crippen LogP contribution in [0.3, 0.4) is 0 Å². The van der Waals surface area contributed by atoms with Gasteiger partial charge in [-0.25, -0.2) is 5.43 Å². The number of rotatable bonds is 6. The van der Waals surface area contributed by atoms with Crippen molar-refractivity contribution in [2.75, 3.05) is 6.61 Å². The van der Waals surface area contributed by atoms with E-state index in [1.807, 2.05) is 13.8 Å². The van der Waals surface area contributed by atoms with Gasteiger partial charge in [0.25, 0.3) is 5.91 Å². The Kier molecular flexibility index (Phi) is 6.36. The van der Waals surface area contributed by atoms with Gasteiger partial charge < -0.3 is 4.74 Å². The molecular weight excluding hydrogens is 264 g/mol. The molecule has 0 aliphatic carbocycles. The summed E-state index contributed by atoms with van der Waals surface area (Å²) >= 11 is 5.91. The Labute approximate surface area is 118 Å². The lowest BCUT2D eigenvalue weighted by Crippen LogP contribution is -2.25. The minimum atomic E-state index is -0.275. The summed E-state index contributed by atoms with van der Waals surface area (Å²) < 4.78 is 5.36. The number of hydrogen-bond acceptors (Lipinski definition) is 3. The normalized spacial score (nSPS) is 11.3. The third-order valence-corrected chi connectivity index (χ3v) is 2.91. The van der Waals surface area contributed by atoms with Crippen molar-refractivity contribution < 1.29 is 9.53 Å². The summed E-state index contributed by atoms with van der Waals surface area (Å²) in [6, 6.07) is 5.27. The first-order chi connectivity index (χ1) is 9.02. The smallest absolute Gasteiger partial charge is 0.277 e. The van der Waals surface area contributed by atoms with E-state index in [0.29, 0.717) is 10.8 Å². The Hall–Kier alpha value is -1.55. The molecule has 0 saturated heterocycles. The molecule has 0 radical (unpaired) electrons. The Morgan fingerprint density at radius 3 is 2.84 bits per heavy atom. The number of amides is 1. The second-order valence-electron chi connectivity index (χ2n) is 4.33. The Morgan fingerprint density at radius 1 is 1.47 bits per heavy atom. The summed E-state index contributed by atoms with van der Waals surface area (Å²) in [5, 5.41) is 4.65. The first kappa shape index (κ1) is 15.5. The molecule has 19 heavy (non-hydrogen) atoms. The van der Waals surface area contributed by atoms with E-state index in [-0.39, 0.29) is 12.5 Å².